The van der Waals surface area contributed by atoms with Crippen LogP contribution in [0.1, 0.15) is 39.0 Å². The topological polar surface area (TPSA) is 70.2 Å². The first-order valence-electron chi connectivity index (χ1n) is 6.43. The van der Waals surface area contributed by atoms with Crippen molar-refractivity contribution in [2.24, 2.45) is 0 Å². The van der Waals surface area contributed by atoms with Gasteiger partial charge in [0.1, 0.15) is 0 Å². The Kier molecular flexibility index (Phi) is 3.66. The van der Waals surface area contributed by atoms with Gasteiger partial charge in [-0.15, -0.1) is 0 Å². The maximum absolute atomic E-state index is 12.2. The van der Waals surface area contributed by atoms with E-state index in [4.69, 9.17) is 0 Å². The van der Waals surface area contributed by atoms with Gasteiger partial charge in [0.15, 0.2) is 0 Å². The van der Waals surface area contributed by atoms with Gasteiger partial charge in [0.05, 0.1) is 5.54 Å². The molecule has 2 amide bonds. The minimum atomic E-state index is -0.431. The van der Waals surface area contributed by atoms with Gasteiger partial charge in [-0.05, 0) is 39.2 Å². The molecule has 2 unspecified atom stereocenters. The van der Waals surface area contributed by atoms with E-state index in [9.17, 15) is 9.59 Å². The highest BCUT2D eigenvalue weighted by Gasteiger charge is 2.35. The Morgan fingerprint density at radius 1 is 1.47 bits per heavy atom. The van der Waals surface area contributed by atoms with Crippen LogP contribution in [-0.2, 0) is 9.59 Å². The molecule has 5 nitrogen and oxygen atoms in total. The maximum Gasteiger partial charge on any atom is 0.240 e. The van der Waals surface area contributed by atoms with Crippen LogP contribution in [0.2, 0.25) is 0 Å². The van der Waals surface area contributed by atoms with Gasteiger partial charge in [-0.1, -0.05) is 0 Å². The molecule has 2 aliphatic rings. The van der Waals surface area contributed by atoms with E-state index in [0.29, 0.717) is 13.0 Å². The van der Waals surface area contributed by atoms with Gasteiger partial charge in [-0.3, -0.25) is 9.59 Å². The Hall–Kier alpha value is -1.10. The molecule has 0 spiro atoms. The van der Waals surface area contributed by atoms with E-state index in [-0.39, 0.29) is 17.9 Å². The van der Waals surface area contributed by atoms with Crippen molar-refractivity contribution in [3.05, 3.63) is 0 Å². The Bertz CT molecular complexity index is 301. The molecule has 0 aromatic heterocycles. The monoisotopic (exact) mass is 239 g/mol. The summed E-state index contributed by atoms with van der Waals surface area (Å²) in [6, 6.07) is 0.0840. The maximum atomic E-state index is 12.2. The van der Waals surface area contributed by atoms with Crippen LogP contribution < -0.4 is 16.0 Å². The van der Waals surface area contributed by atoms with Gasteiger partial charge in [0.25, 0.3) is 0 Å². The fourth-order valence-corrected chi connectivity index (χ4v) is 2.45. The Morgan fingerprint density at radius 2 is 2.29 bits per heavy atom. The summed E-state index contributed by atoms with van der Waals surface area (Å²) in [6.45, 7) is 3.43. The van der Waals surface area contributed by atoms with Gasteiger partial charge >= 0.3 is 0 Å². The number of amides is 2. The summed E-state index contributed by atoms with van der Waals surface area (Å²) >= 11 is 0. The fraction of sp³-hybridized carbons (Fsp3) is 0.833. The van der Waals surface area contributed by atoms with Crippen LogP contribution in [0.5, 0.6) is 0 Å². The second kappa shape index (κ2) is 5.04. The predicted octanol–water partition coefficient (Wildman–Crippen LogP) is -0.0866. The first-order valence-corrected chi connectivity index (χ1v) is 6.43. The van der Waals surface area contributed by atoms with Gasteiger partial charge in [-0.2, -0.15) is 0 Å². The molecule has 0 saturated carbocycles. The number of hydrogen-bond donors (Lipinski definition) is 3. The molecule has 2 atom stereocenters. The van der Waals surface area contributed by atoms with Crippen LogP contribution in [0.3, 0.4) is 0 Å². The zero-order valence-corrected chi connectivity index (χ0v) is 10.3. The van der Waals surface area contributed by atoms with E-state index in [1.165, 1.54) is 0 Å². The van der Waals surface area contributed by atoms with Crippen molar-refractivity contribution in [3.8, 4) is 0 Å². The molecule has 2 aliphatic heterocycles. The minimum absolute atomic E-state index is 0.0679. The van der Waals surface area contributed by atoms with Gasteiger partial charge in [0, 0.05) is 19.0 Å². The number of hydrogen-bond acceptors (Lipinski definition) is 3. The molecule has 0 radical (unpaired) electrons. The second-order valence-corrected chi connectivity index (χ2v) is 5.23. The summed E-state index contributed by atoms with van der Waals surface area (Å²) in [7, 11) is 0. The molecule has 96 valence electrons. The highest BCUT2D eigenvalue weighted by Crippen LogP contribution is 2.19. The average molecular weight is 239 g/mol. The van der Waals surface area contributed by atoms with Crippen molar-refractivity contribution < 1.29 is 9.59 Å². The SMILES string of the molecule is CC1(C(=O)NC2CCC(=O)NC2)CCCCN1. The van der Waals surface area contributed by atoms with Crippen LogP contribution in [-0.4, -0.2) is 36.5 Å². The standard InChI is InChI=1S/C12H21N3O2/c1-12(6-2-3-7-14-12)11(17)15-9-4-5-10(16)13-8-9/h9,14H,2-8H2,1H3,(H,13,16)(H,15,17). The van der Waals surface area contributed by atoms with Crippen LogP contribution in [0.4, 0.5) is 0 Å². The molecule has 0 aromatic carbocycles. The van der Waals surface area contributed by atoms with Crippen LogP contribution in [0.15, 0.2) is 0 Å². The van der Waals surface area contributed by atoms with Crippen molar-refractivity contribution in [3.63, 3.8) is 0 Å². The number of carbonyl (C=O) groups is 2. The van der Waals surface area contributed by atoms with Crippen molar-refractivity contribution in [2.75, 3.05) is 13.1 Å². The van der Waals surface area contributed by atoms with Crippen molar-refractivity contribution >= 4 is 11.8 Å². The van der Waals surface area contributed by atoms with E-state index in [1.54, 1.807) is 0 Å². The molecule has 2 fully saturated rings. The third-order valence-corrected chi connectivity index (χ3v) is 3.72. The lowest BCUT2D eigenvalue weighted by molar-refractivity contribution is -0.130. The van der Waals surface area contributed by atoms with E-state index >= 15 is 0 Å². The minimum Gasteiger partial charge on any atom is -0.354 e. The summed E-state index contributed by atoms with van der Waals surface area (Å²) in [6.07, 6.45) is 4.38. The molecule has 2 rings (SSSR count). The zero-order valence-electron chi connectivity index (χ0n) is 10.3. The number of rotatable bonds is 2. The molecular formula is C12H21N3O2. The third-order valence-electron chi connectivity index (χ3n) is 3.72. The molecule has 2 saturated heterocycles. The van der Waals surface area contributed by atoms with Crippen molar-refractivity contribution in [1.82, 2.24) is 16.0 Å². The Labute approximate surface area is 102 Å². The molecule has 0 bridgehead atoms. The predicted molar refractivity (Wildman–Crippen MR) is 64.4 cm³/mol. The quantitative estimate of drug-likeness (QED) is 0.631. The van der Waals surface area contributed by atoms with E-state index in [0.717, 1.165) is 32.2 Å². The van der Waals surface area contributed by atoms with Crippen LogP contribution in [0, 0.1) is 0 Å². The van der Waals surface area contributed by atoms with Gasteiger partial charge < -0.3 is 16.0 Å². The first-order chi connectivity index (χ1) is 8.10. The van der Waals surface area contributed by atoms with Gasteiger partial charge in [-0.25, -0.2) is 0 Å². The summed E-state index contributed by atoms with van der Waals surface area (Å²) in [5.41, 5.74) is -0.431. The molecular weight excluding hydrogens is 218 g/mol. The highest BCUT2D eigenvalue weighted by atomic mass is 16.2. The number of nitrogens with one attached hydrogen (secondary N) is 3. The molecule has 0 aliphatic carbocycles. The Balaban J connectivity index is 1.85. The lowest BCUT2D eigenvalue weighted by Gasteiger charge is -2.35. The first kappa shape index (κ1) is 12.4. The van der Waals surface area contributed by atoms with Crippen molar-refractivity contribution in [1.29, 1.82) is 0 Å². The Morgan fingerprint density at radius 3 is 2.88 bits per heavy atom. The zero-order chi connectivity index (χ0) is 12.3. The second-order valence-electron chi connectivity index (χ2n) is 5.23. The molecule has 5 heteroatoms. The number of piperidine rings is 2. The summed E-state index contributed by atoms with van der Waals surface area (Å²) in [5.74, 6) is 0.149. The summed E-state index contributed by atoms with van der Waals surface area (Å²) in [5, 5.41) is 9.11. The van der Waals surface area contributed by atoms with Crippen LogP contribution in [0.25, 0.3) is 0 Å². The third kappa shape index (κ3) is 2.97. The number of carbonyl (C=O) groups excluding carboxylic acids is 2. The fourth-order valence-electron chi connectivity index (χ4n) is 2.45. The molecule has 0 aromatic rings. The summed E-state index contributed by atoms with van der Waals surface area (Å²) < 4.78 is 0. The molecule has 17 heavy (non-hydrogen) atoms. The van der Waals surface area contributed by atoms with E-state index in [2.05, 4.69) is 16.0 Å². The largest absolute Gasteiger partial charge is 0.354 e. The van der Waals surface area contributed by atoms with Gasteiger partial charge in [0.2, 0.25) is 11.8 Å². The van der Waals surface area contributed by atoms with E-state index < -0.39 is 5.54 Å². The van der Waals surface area contributed by atoms with E-state index in [1.807, 2.05) is 6.92 Å². The normalized spacial score (nSPS) is 33.9. The summed E-state index contributed by atoms with van der Waals surface area (Å²) in [4.78, 5) is 23.2. The lowest BCUT2D eigenvalue weighted by Crippen LogP contribution is -2.60. The molecule has 3 N–H and O–H groups in total. The molecule has 2 heterocycles. The lowest BCUT2D eigenvalue weighted by atomic mass is 9.89. The highest BCUT2D eigenvalue weighted by molar-refractivity contribution is 5.86. The smallest absolute Gasteiger partial charge is 0.240 e. The van der Waals surface area contributed by atoms with Crippen LogP contribution >= 0.6 is 0 Å². The van der Waals surface area contributed by atoms with Crippen molar-refractivity contribution in [2.45, 2.75) is 50.6 Å². The average Bonchev–Trinajstić information content (AvgIpc) is 2.33.